The highest BCUT2D eigenvalue weighted by Crippen LogP contribution is 1.97. The van der Waals surface area contributed by atoms with Crippen molar-refractivity contribution in [3.05, 3.63) is 0 Å². The third-order valence-electron chi connectivity index (χ3n) is 2.12. The molecule has 1 unspecified atom stereocenters. The molecule has 0 radical (unpaired) electrons. The second-order valence-electron chi connectivity index (χ2n) is 3.67. The second-order valence-corrected chi connectivity index (χ2v) is 3.67. The lowest BCUT2D eigenvalue weighted by Gasteiger charge is -2.03. The predicted octanol–water partition coefficient (Wildman–Crippen LogP) is 1.08. The molecule has 0 saturated carbocycles. The van der Waals surface area contributed by atoms with E-state index in [2.05, 4.69) is 6.07 Å². The summed E-state index contributed by atoms with van der Waals surface area (Å²) in [5.74, 6) is -0.693. The fourth-order valence-corrected chi connectivity index (χ4v) is 0.723. The minimum absolute atomic E-state index is 0.241. The van der Waals surface area contributed by atoms with E-state index >= 15 is 0 Å². The van der Waals surface area contributed by atoms with Crippen molar-refractivity contribution in [1.29, 1.82) is 5.26 Å². The van der Waals surface area contributed by atoms with Gasteiger partial charge in [0.05, 0.1) is 6.07 Å². The Bertz CT molecular complexity index is 214. The predicted molar refractivity (Wildman–Crippen MR) is 63.6 cm³/mol. The van der Waals surface area contributed by atoms with Crippen LogP contribution in [0.4, 0.5) is 0 Å². The summed E-state index contributed by atoms with van der Waals surface area (Å²) < 4.78 is 0. The highest BCUT2D eigenvalue weighted by molar-refractivity contribution is 5.72. The zero-order valence-corrected chi connectivity index (χ0v) is 10.1. The minimum atomic E-state index is -0.933. The van der Waals surface area contributed by atoms with Crippen molar-refractivity contribution in [1.82, 2.24) is 0 Å². The lowest BCUT2D eigenvalue weighted by molar-refractivity contribution is -0.138. The number of aliphatic carboxylic acids is 1. The van der Waals surface area contributed by atoms with Gasteiger partial charge in [-0.2, -0.15) is 5.26 Å². The normalized spacial score (nSPS) is 12.9. The number of nitriles is 1. The summed E-state index contributed by atoms with van der Waals surface area (Å²) >= 11 is 0. The van der Waals surface area contributed by atoms with E-state index in [0.717, 1.165) is 19.3 Å². The van der Waals surface area contributed by atoms with Gasteiger partial charge >= 0.3 is 5.97 Å². The molecule has 0 bridgehead atoms. The number of carbonyl (C=O) groups is 1. The van der Waals surface area contributed by atoms with Crippen LogP contribution in [-0.2, 0) is 4.79 Å². The summed E-state index contributed by atoms with van der Waals surface area (Å²) in [5, 5.41) is 16.4. The van der Waals surface area contributed by atoms with Gasteiger partial charge in [0.15, 0.2) is 0 Å². The zero-order valence-electron chi connectivity index (χ0n) is 10.1. The smallest absolute Gasteiger partial charge is 0.320 e. The van der Waals surface area contributed by atoms with Crippen LogP contribution in [0.5, 0.6) is 0 Å². The third kappa shape index (κ3) is 12.9. The van der Waals surface area contributed by atoms with E-state index in [4.69, 9.17) is 21.8 Å². The van der Waals surface area contributed by atoms with Crippen molar-refractivity contribution in [3.8, 4) is 6.07 Å². The van der Waals surface area contributed by atoms with Crippen molar-refractivity contribution in [2.75, 3.05) is 6.54 Å². The largest absolute Gasteiger partial charge is 0.480 e. The van der Waals surface area contributed by atoms with E-state index in [1.807, 2.05) is 13.8 Å². The molecule has 0 aromatic rings. The fraction of sp³-hybridized carbons (Fsp3) is 0.818. The monoisotopic (exact) mass is 229 g/mol. The maximum atomic E-state index is 10.1. The molecule has 5 nitrogen and oxygen atoms in total. The number of nitrogens with two attached hydrogens (primary N) is 2. The molecule has 0 fully saturated rings. The van der Waals surface area contributed by atoms with E-state index < -0.39 is 12.0 Å². The van der Waals surface area contributed by atoms with Crippen molar-refractivity contribution in [3.63, 3.8) is 0 Å². The molecule has 2 atom stereocenters. The molecule has 5 N–H and O–H groups in total. The summed E-state index contributed by atoms with van der Waals surface area (Å²) in [7, 11) is 0. The fourth-order valence-electron chi connectivity index (χ4n) is 0.723. The Labute approximate surface area is 97.4 Å². The standard InChI is InChI=1S/C6H14N2O2.C5H9N/c7-4-2-1-3-5(8)6(9)10;1-3-5(2)4-6/h5H,1-4,7-8H2,(H,9,10);5H,3H2,1-2H3/t5-;/m0./s1. The minimum Gasteiger partial charge on any atom is -0.480 e. The quantitative estimate of drug-likeness (QED) is 0.590. The first kappa shape index (κ1) is 17.3. The molecule has 0 spiro atoms. The Hall–Kier alpha value is -1.12. The molecule has 0 saturated heterocycles. The molecule has 16 heavy (non-hydrogen) atoms. The van der Waals surface area contributed by atoms with E-state index in [0.29, 0.717) is 13.0 Å². The summed E-state index contributed by atoms with van der Waals surface area (Å²) in [6, 6.07) is 1.40. The molecular weight excluding hydrogens is 206 g/mol. The lowest BCUT2D eigenvalue weighted by atomic mass is 10.1. The van der Waals surface area contributed by atoms with E-state index in [1.165, 1.54) is 0 Å². The van der Waals surface area contributed by atoms with Gasteiger partial charge in [-0.15, -0.1) is 0 Å². The van der Waals surface area contributed by atoms with Crippen molar-refractivity contribution in [2.45, 2.75) is 45.6 Å². The number of carboxylic acid groups (broad SMARTS) is 1. The number of rotatable bonds is 6. The Morgan fingerprint density at radius 2 is 2.06 bits per heavy atom. The van der Waals surface area contributed by atoms with Crippen LogP contribution in [-0.4, -0.2) is 23.7 Å². The van der Waals surface area contributed by atoms with Gasteiger partial charge in [0, 0.05) is 5.92 Å². The number of unbranched alkanes of at least 4 members (excludes halogenated alkanes) is 1. The molecule has 0 rings (SSSR count). The maximum absolute atomic E-state index is 10.1. The van der Waals surface area contributed by atoms with Crippen molar-refractivity contribution >= 4 is 5.97 Å². The number of carboxylic acids is 1. The lowest BCUT2D eigenvalue weighted by Crippen LogP contribution is -2.29. The van der Waals surface area contributed by atoms with Crippen molar-refractivity contribution in [2.24, 2.45) is 17.4 Å². The summed E-state index contributed by atoms with van der Waals surface area (Å²) in [4.78, 5) is 10.1. The molecule has 0 heterocycles. The average molecular weight is 229 g/mol. The van der Waals surface area contributed by atoms with Gasteiger partial charge in [-0.3, -0.25) is 4.79 Å². The summed E-state index contributed by atoms with van der Waals surface area (Å²) in [6.07, 6.45) is 3.13. The van der Waals surface area contributed by atoms with E-state index in [1.54, 1.807) is 0 Å². The molecule has 0 aromatic carbocycles. The Balaban J connectivity index is 0. The van der Waals surface area contributed by atoms with Crippen LogP contribution in [0.15, 0.2) is 0 Å². The van der Waals surface area contributed by atoms with E-state index in [-0.39, 0.29) is 5.92 Å². The SMILES string of the molecule is CCC(C)C#N.NCCCC[C@H](N)C(=O)O. The molecule has 0 aliphatic heterocycles. The van der Waals surface area contributed by atoms with Crippen LogP contribution < -0.4 is 11.5 Å². The molecule has 5 heteroatoms. The van der Waals surface area contributed by atoms with Gasteiger partial charge in [-0.05, 0) is 32.7 Å². The molecule has 0 amide bonds. The first-order chi connectivity index (χ1) is 7.49. The third-order valence-corrected chi connectivity index (χ3v) is 2.12. The van der Waals surface area contributed by atoms with Gasteiger partial charge in [-0.25, -0.2) is 0 Å². The van der Waals surface area contributed by atoms with Crippen LogP contribution in [0.25, 0.3) is 0 Å². The first-order valence-electron chi connectivity index (χ1n) is 5.57. The van der Waals surface area contributed by atoms with Crippen LogP contribution in [0.2, 0.25) is 0 Å². The Morgan fingerprint density at radius 1 is 1.50 bits per heavy atom. The average Bonchev–Trinajstić information content (AvgIpc) is 2.28. The van der Waals surface area contributed by atoms with Crippen LogP contribution in [0.1, 0.15) is 39.5 Å². The molecule has 0 aliphatic rings. The van der Waals surface area contributed by atoms with E-state index in [9.17, 15) is 4.79 Å². The number of hydrogen-bond donors (Lipinski definition) is 3. The molecule has 0 aromatic heterocycles. The number of hydrogen-bond acceptors (Lipinski definition) is 4. The zero-order chi connectivity index (χ0) is 13.0. The van der Waals surface area contributed by atoms with Crippen LogP contribution in [0, 0.1) is 17.2 Å². The first-order valence-corrected chi connectivity index (χ1v) is 5.57. The molecule has 94 valence electrons. The molecular formula is C11H23N3O2. The highest BCUT2D eigenvalue weighted by atomic mass is 16.4. The molecule has 0 aliphatic carbocycles. The van der Waals surface area contributed by atoms with Crippen LogP contribution >= 0.6 is 0 Å². The second kappa shape index (κ2) is 12.0. The Kier molecular flexibility index (Phi) is 12.9. The van der Waals surface area contributed by atoms with Gasteiger partial charge < -0.3 is 16.6 Å². The summed E-state index contributed by atoms with van der Waals surface area (Å²) in [5.41, 5.74) is 10.4. The number of nitrogens with zero attached hydrogens (tertiary/aromatic N) is 1. The van der Waals surface area contributed by atoms with Gasteiger partial charge in [0.25, 0.3) is 0 Å². The van der Waals surface area contributed by atoms with Gasteiger partial charge in [-0.1, -0.05) is 13.3 Å². The van der Waals surface area contributed by atoms with Gasteiger partial charge in [0.2, 0.25) is 0 Å². The van der Waals surface area contributed by atoms with Crippen molar-refractivity contribution < 1.29 is 9.90 Å². The van der Waals surface area contributed by atoms with Gasteiger partial charge in [0.1, 0.15) is 6.04 Å². The Morgan fingerprint density at radius 3 is 2.31 bits per heavy atom. The summed E-state index contributed by atoms with van der Waals surface area (Å²) in [6.45, 7) is 4.53. The highest BCUT2D eigenvalue weighted by Gasteiger charge is 2.09. The topological polar surface area (TPSA) is 113 Å². The maximum Gasteiger partial charge on any atom is 0.320 e. The van der Waals surface area contributed by atoms with Crippen LogP contribution in [0.3, 0.4) is 0 Å².